The van der Waals surface area contributed by atoms with Crippen molar-refractivity contribution in [2.24, 2.45) is 0 Å². The van der Waals surface area contributed by atoms with E-state index in [1.807, 2.05) is 0 Å². The summed E-state index contributed by atoms with van der Waals surface area (Å²) in [5, 5.41) is 3.62. The lowest BCUT2D eigenvalue weighted by Gasteiger charge is -2.31. The van der Waals surface area contributed by atoms with E-state index in [0.717, 1.165) is 18.5 Å². The predicted molar refractivity (Wildman–Crippen MR) is 81.8 cm³/mol. The van der Waals surface area contributed by atoms with Crippen LogP contribution in [0.1, 0.15) is 55.2 Å². The maximum atomic E-state index is 3.62. The second kappa shape index (κ2) is 7.16. The van der Waals surface area contributed by atoms with E-state index >= 15 is 0 Å². The van der Waals surface area contributed by atoms with E-state index in [9.17, 15) is 0 Å². The van der Waals surface area contributed by atoms with Crippen LogP contribution in [0, 0.1) is 13.8 Å². The largest absolute Gasteiger partial charge is 0.314 e. The highest BCUT2D eigenvalue weighted by molar-refractivity contribution is 5.85. The molecule has 1 nitrogen and oxygen atoms in total. The maximum Gasteiger partial charge on any atom is 0.00727 e. The zero-order chi connectivity index (χ0) is 12.3. The summed E-state index contributed by atoms with van der Waals surface area (Å²) in [6, 6.07) is 7.51. The Balaban J connectivity index is 0.00000162. The van der Waals surface area contributed by atoms with Crippen LogP contribution in [0.3, 0.4) is 0 Å². The molecule has 0 aliphatic heterocycles. The summed E-state index contributed by atoms with van der Waals surface area (Å²) >= 11 is 0. The predicted octanol–water partition coefficient (Wildman–Crippen LogP) is 4.36. The quantitative estimate of drug-likeness (QED) is 0.858. The van der Waals surface area contributed by atoms with Gasteiger partial charge in [0.15, 0.2) is 0 Å². The van der Waals surface area contributed by atoms with E-state index in [1.165, 1.54) is 36.8 Å². The number of benzene rings is 1. The molecule has 2 rings (SSSR count). The average Bonchev–Trinajstić information content (AvgIpc) is 2.33. The van der Waals surface area contributed by atoms with Gasteiger partial charge in [0.1, 0.15) is 0 Å². The van der Waals surface area contributed by atoms with Gasteiger partial charge in [0.05, 0.1) is 0 Å². The topological polar surface area (TPSA) is 12.0 Å². The number of aryl methyl sites for hydroxylation is 1. The highest BCUT2D eigenvalue weighted by atomic mass is 35.5. The van der Waals surface area contributed by atoms with Gasteiger partial charge in [-0.1, -0.05) is 31.5 Å². The van der Waals surface area contributed by atoms with Gasteiger partial charge in [-0.05, 0) is 62.3 Å². The molecule has 1 aromatic rings. The number of halogens is 1. The molecule has 1 aliphatic rings. The molecule has 1 saturated carbocycles. The molecular formula is C16H26ClN. The Morgan fingerprint density at radius 2 is 2.00 bits per heavy atom. The summed E-state index contributed by atoms with van der Waals surface area (Å²) in [5.74, 6) is 0.771. The fourth-order valence-corrected chi connectivity index (χ4v) is 3.16. The third kappa shape index (κ3) is 3.49. The summed E-state index contributed by atoms with van der Waals surface area (Å²) in [4.78, 5) is 0. The molecule has 18 heavy (non-hydrogen) atoms. The molecule has 1 aliphatic carbocycles. The van der Waals surface area contributed by atoms with Gasteiger partial charge in [0.2, 0.25) is 0 Å². The fraction of sp³-hybridized carbons (Fsp3) is 0.625. The van der Waals surface area contributed by atoms with Gasteiger partial charge in [0, 0.05) is 6.04 Å². The molecule has 0 heterocycles. The molecule has 0 bridgehead atoms. The highest BCUT2D eigenvalue weighted by Crippen LogP contribution is 2.35. The van der Waals surface area contributed by atoms with Gasteiger partial charge >= 0.3 is 0 Å². The Hall–Kier alpha value is -0.530. The Morgan fingerprint density at radius 1 is 1.22 bits per heavy atom. The number of hydrogen-bond acceptors (Lipinski definition) is 1. The van der Waals surface area contributed by atoms with Crippen LogP contribution in [0.5, 0.6) is 0 Å². The molecule has 1 aromatic carbocycles. The number of nitrogens with one attached hydrogen (secondary N) is 1. The van der Waals surface area contributed by atoms with Crippen LogP contribution in [0.4, 0.5) is 0 Å². The minimum Gasteiger partial charge on any atom is -0.314 e. The van der Waals surface area contributed by atoms with E-state index in [2.05, 4.69) is 44.3 Å². The lowest BCUT2D eigenvalue weighted by atomic mass is 9.79. The van der Waals surface area contributed by atoms with E-state index in [0.29, 0.717) is 0 Å². The minimum atomic E-state index is 0. The molecule has 0 amide bonds. The van der Waals surface area contributed by atoms with Crippen molar-refractivity contribution in [3.05, 3.63) is 34.9 Å². The van der Waals surface area contributed by atoms with Crippen LogP contribution >= 0.6 is 12.4 Å². The first-order valence-corrected chi connectivity index (χ1v) is 7.02. The van der Waals surface area contributed by atoms with Crippen molar-refractivity contribution in [1.29, 1.82) is 0 Å². The van der Waals surface area contributed by atoms with Crippen LogP contribution in [0.25, 0.3) is 0 Å². The zero-order valence-corrected chi connectivity index (χ0v) is 12.6. The van der Waals surface area contributed by atoms with Crippen LogP contribution in [0.2, 0.25) is 0 Å². The third-order valence-electron chi connectivity index (χ3n) is 4.25. The third-order valence-corrected chi connectivity index (χ3v) is 4.25. The maximum absolute atomic E-state index is 3.62. The monoisotopic (exact) mass is 267 g/mol. The second-order valence-corrected chi connectivity index (χ2v) is 5.41. The number of rotatable bonds is 3. The summed E-state index contributed by atoms with van der Waals surface area (Å²) in [7, 11) is 0. The van der Waals surface area contributed by atoms with Crippen molar-refractivity contribution in [3.8, 4) is 0 Å². The van der Waals surface area contributed by atoms with Gasteiger partial charge in [-0.25, -0.2) is 0 Å². The lowest BCUT2D eigenvalue weighted by molar-refractivity contribution is 0.344. The van der Waals surface area contributed by atoms with E-state index in [1.54, 1.807) is 5.56 Å². The summed E-state index contributed by atoms with van der Waals surface area (Å²) in [6.07, 6.45) is 5.41. The lowest BCUT2D eigenvalue weighted by Crippen LogP contribution is -2.33. The second-order valence-electron chi connectivity index (χ2n) is 5.41. The van der Waals surface area contributed by atoms with Crippen molar-refractivity contribution < 1.29 is 0 Å². The Bertz CT molecular complexity index is 373. The molecule has 2 unspecified atom stereocenters. The number of hydrogen-bond donors (Lipinski definition) is 1. The van der Waals surface area contributed by atoms with E-state index in [4.69, 9.17) is 0 Å². The molecule has 102 valence electrons. The van der Waals surface area contributed by atoms with Gasteiger partial charge in [-0.2, -0.15) is 0 Å². The Kier molecular flexibility index (Phi) is 6.17. The molecule has 0 spiro atoms. The molecule has 2 atom stereocenters. The van der Waals surface area contributed by atoms with Gasteiger partial charge < -0.3 is 5.32 Å². The van der Waals surface area contributed by atoms with Gasteiger partial charge in [0.25, 0.3) is 0 Å². The normalized spacial score (nSPS) is 23.5. The van der Waals surface area contributed by atoms with Crippen LogP contribution in [0.15, 0.2) is 18.2 Å². The van der Waals surface area contributed by atoms with Crippen molar-refractivity contribution >= 4 is 12.4 Å². The zero-order valence-electron chi connectivity index (χ0n) is 11.8. The smallest absolute Gasteiger partial charge is 0.00727 e. The SMILES string of the molecule is CCNC1CCCC(c2cccc(C)c2C)C1.Cl. The molecule has 1 N–H and O–H groups in total. The van der Waals surface area contributed by atoms with Crippen LogP contribution in [-0.4, -0.2) is 12.6 Å². The average molecular weight is 268 g/mol. The summed E-state index contributed by atoms with van der Waals surface area (Å²) in [5.41, 5.74) is 4.54. The van der Waals surface area contributed by atoms with Gasteiger partial charge in [-0.3, -0.25) is 0 Å². The van der Waals surface area contributed by atoms with Gasteiger partial charge in [-0.15, -0.1) is 12.4 Å². The standard InChI is InChI=1S/C16H25N.ClH/c1-4-17-15-9-6-8-14(11-15)16-10-5-7-12(2)13(16)3;/h5,7,10,14-15,17H,4,6,8-9,11H2,1-3H3;1H. The van der Waals surface area contributed by atoms with Crippen molar-refractivity contribution in [2.45, 2.75) is 58.4 Å². The van der Waals surface area contributed by atoms with Crippen LogP contribution < -0.4 is 5.32 Å². The molecule has 1 fully saturated rings. The summed E-state index contributed by atoms with van der Waals surface area (Å²) < 4.78 is 0. The molecule has 0 saturated heterocycles. The highest BCUT2D eigenvalue weighted by Gasteiger charge is 2.23. The first kappa shape index (κ1) is 15.5. The molecular weight excluding hydrogens is 242 g/mol. The van der Waals surface area contributed by atoms with Crippen molar-refractivity contribution in [3.63, 3.8) is 0 Å². The van der Waals surface area contributed by atoms with E-state index in [-0.39, 0.29) is 12.4 Å². The molecule has 0 aromatic heterocycles. The molecule has 2 heteroatoms. The minimum absolute atomic E-state index is 0. The van der Waals surface area contributed by atoms with Crippen LogP contribution in [-0.2, 0) is 0 Å². The Morgan fingerprint density at radius 3 is 2.72 bits per heavy atom. The Labute approximate surface area is 118 Å². The van der Waals surface area contributed by atoms with Crippen molar-refractivity contribution in [2.75, 3.05) is 6.54 Å². The summed E-state index contributed by atoms with van der Waals surface area (Å²) in [6.45, 7) is 7.82. The molecule has 0 radical (unpaired) electrons. The first-order valence-electron chi connectivity index (χ1n) is 7.02. The first-order chi connectivity index (χ1) is 8.22. The fourth-order valence-electron chi connectivity index (χ4n) is 3.16. The van der Waals surface area contributed by atoms with E-state index < -0.39 is 0 Å². The van der Waals surface area contributed by atoms with Crippen molar-refractivity contribution in [1.82, 2.24) is 5.32 Å².